The largest absolute Gasteiger partial charge is 0.312 e. The maximum Gasteiger partial charge on any atom is 0.227 e. The van der Waals surface area contributed by atoms with Crippen LogP contribution in [0.15, 0.2) is 35.2 Å². The van der Waals surface area contributed by atoms with Gasteiger partial charge in [-0.3, -0.25) is 4.79 Å². The summed E-state index contributed by atoms with van der Waals surface area (Å²) in [5.74, 6) is 0.200. The molecule has 2 aromatic rings. The second kappa shape index (κ2) is 7.43. The summed E-state index contributed by atoms with van der Waals surface area (Å²) in [6, 6.07) is 10.4. The van der Waals surface area contributed by atoms with E-state index in [4.69, 9.17) is 4.98 Å². The number of amides is 1. The maximum absolute atomic E-state index is 11.9. The smallest absolute Gasteiger partial charge is 0.227 e. The lowest BCUT2D eigenvalue weighted by Crippen LogP contribution is -2.23. The molecular formula is C21H21N3OS. The van der Waals surface area contributed by atoms with Crippen molar-refractivity contribution in [1.29, 1.82) is 5.26 Å². The minimum absolute atomic E-state index is 0.200. The highest BCUT2D eigenvalue weighted by atomic mass is 32.1. The molecule has 0 N–H and O–H groups in total. The Balaban J connectivity index is 1.58. The van der Waals surface area contributed by atoms with Gasteiger partial charge in [-0.1, -0.05) is 18.6 Å². The molecular weight excluding hydrogens is 342 g/mol. The zero-order valence-electron chi connectivity index (χ0n) is 14.7. The minimum Gasteiger partial charge on any atom is -0.312 e. The molecule has 2 heterocycles. The van der Waals surface area contributed by atoms with Crippen LogP contribution in [0.2, 0.25) is 0 Å². The Labute approximate surface area is 157 Å². The van der Waals surface area contributed by atoms with Crippen molar-refractivity contribution in [1.82, 2.24) is 4.98 Å². The first kappa shape index (κ1) is 17.0. The van der Waals surface area contributed by atoms with Crippen LogP contribution in [0.1, 0.15) is 50.0 Å². The van der Waals surface area contributed by atoms with E-state index < -0.39 is 0 Å². The molecule has 4 nitrogen and oxygen atoms in total. The number of benzene rings is 1. The third kappa shape index (κ3) is 3.30. The SMILES string of the molecule is N#CC(=C1CCCCC1)c1nc(-c2ccc(N3CCCC3=O)cc2)cs1. The predicted octanol–water partition coefficient (Wildman–Crippen LogP) is 5.18. The van der Waals surface area contributed by atoms with Crippen LogP contribution in [0.25, 0.3) is 16.8 Å². The number of carbonyl (C=O) groups is 1. The molecule has 1 saturated heterocycles. The third-order valence-electron chi connectivity index (χ3n) is 5.19. The van der Waals surface area contributed by atoms with Gasteiger partial charge < -0.3 is 4.90 Å². The second-order valence-electron chi connectivity index (χ2n) is 6.88. The zero-order valence-corrected chi connectivity index (χ0v) is 15.5. The lowest BCUT2D eigenvalue weighted by atomic mass is 9.91. The molecule has 0 spiro atoms. The molecule has 0 unspecified atom stereocenters. The van der Waals surface area contributed by atoms with Gasteiger partial charge in [-0.05, 0) is 49.8 Å². The van der Waals surface area contributed by atoms with Crippen LogP contribution in [-0.2, 0) is 4.79 Å². The van der Waals surface area contributed by atoms with Crippen molar-refractivity contribution in [2.24, 2.45) is 0 Å². The van der Waals surface area contributed by atoms with Crippen molar-refractivity contribution >= 4 is 28.5 Å². The van der Waals surface area contributed by atoms with Crippen molar-refractivity contribution in [3.05, 3.63) is 40.2 Å². The molecule has 0 bridgehead atoms. The van der Waals surface area contributed by atoms with Gasteiger partial charge in [-0.15, -0.1) is 11.3 Å². The number of anilines is 1. The third-order valence-corrected chi connectivity index (χ3v) is 6.05. The van der Waals surface area contributed by atoms with Gasteiger partial charge in [0.25, 0.3) is 0 Å². The number of carbonyl (C=O) groups excluding carboxylic acids is 1. The van der Waals surface area contributed by atoms with Gasteiger partial charge >= 0.3 is 0 Å². The van der Waals surface area contributed by atoms with Gasteiger partial charge in [0, 0.05) is 29.6 Å². The number of allylic oxidation sites excluding steroid dienone is 2. The van der Waals surface area contributed by atoms with Crippen molar-refractivity contribution < 1.29 is 4.79 Å². The van der Waals surface area contributed by atoms with Crippen LogP contribution in [0.3, 0.4) is 0 Å². The first-order valence-electron chi connectivity index (χ1n) is 9.25. The molecule has 0 radical (unpaired) electrons. The molecule has 2 aliphatic rings. The summed E-state index contributed by atoms with van der Waals surface area (Å²) >= 11 is 1.54. The first-order chi connectivity index (χ1) is 12.8. The monoisotopic (exact) mass is 363 g/mol. The van der Waals surface area contributed by atoms with E-state index in [2.05, 4.69) is 6.07 Å². The van der Waals surface area contributed by atoms with E-state index in [-0.39, 0.29) is 5.91 Å². The van der Waals surface area contributed by atoms with Crippen LogP contribution < -0.4 is 4.90 Å². The van der Waals surface area contributed by atoms with Gasteiger partial charge in [-0.2, -0.15) is 5.26 Å². The van der Waals surface area contributed by atoms with Gasteiger partial charge in [0.05, 0.1) is 11.3 Å². The standard InChI is InChI=1S/C21H21N3OS/c22-13-18(15-5-2-1-3-6-15)21-23-19(14-26-21)16-8-10-17(11-9-16)24-12-4-7-20(24)25/h8-11,14H,1-7,12H2. The van der Waals surface area contributed by atoms with E-state index in [0.717, 1.165) is 53.3 Å². The number of nitriles is 1. The van der Waals surface area contributed by atoms with E-state index in [1.165, 1.54) is 24.8 Å². The number of aromatic nitrogens is 1. The normalized spacial score (nSPS) is 17.4. The Bertz CT molecular complexity index is 881. The predicted molar refractivity (Wildman–Crippen MR) is 105 cm³/mol. The van der Waals surface area contributed by atoms with Crippen LogP contribution in [0, 0.1) is 11.3 Å². The fourth-order valence-corrected chi connectivity index (χ4v) is 4.63. The highest BCUT2D eigenvalue weighted by molar-refractivity contribution is 7.11. The summed E-state index contributed by atoms with van der Waals surface area (Å²) in [5, 5.41) is 12.5. The molecule has 132 valence electrons. The number of thiazole rings is 1. The van der Waals surface area contributed by atoms with E-state index in [0.29, 0.717) is 6.42 Å². The summed E-state index contributed by atoms with van der Waals surface area (Å²) in [4.78, 5) is 18.4. The average molecular weight is 363 g/mol. The zero-order chi connectivity index (χ0) is 17.9. The van der Waals surface area contributed by atoms with Crippen molar-refractivity contribution in [3.8, 4) is 17.3 Å². The summed E-state index contributed by atoms with van der Waals surface area (Å²) in [7, 11) is 0. The van der Waals surface area contributed by atoms with Crippen LogP contribution in [-0.4, -0.2) is 17.4 Å². The summed E-state index contributed by atoms with van der Waals surface area (Å²) in [6.07, 6.45) is 7.24. The van der Waals surface area contributed by atoms with Crippen LogP contribution in [0.5, 0.6) is 0 Å². The Hall–Kier alpha value is -2.45. The molecule has 1 aromatic carbocycles. The lowest BCUT2D eigenvalue weighted by molar-refractivity contribution is -0.117. The van der Waals surface area contributed by atoms with Gasteiger partial charge in [0.15, 0.2) is 0 Å². The number of hydrogen-bond donors (Lipinski definition) is 0. The summed E-state index contributed by atoms with van der Waals surface area (Å²) < 4.78 is 0. The topological polar surface area (TPSA) is 57.0 Å². The first-order valence-corrected chi connectivity index (χ1v) is 10.1. The molecule has 1 aliphatic heterocycles. The highest BCUT2D eigenvalue weighted by Crippen LogP contribution is 2.34. The van der Waals surface area contributed by atoms with Crippen LogP contribution in [0.4, 0.5) is 5.69 Å². The molecule has 0 atom stereocenters. The van der Waals surface area contributed by atoms with E-state index in [9.17, 15) is 10.1 Å². The number of nitrogens with zero attached hydrogens (tertiary/aromatic N) is 3. The van der Waals surface area contributed by atoms with Gasteiger partial charge in [0.2, 0.25) is 5.91 Å². The Morgan fingerprint density at radius 3 is 2.50 bits per heavy atom. The quantitative estimate of drug-likeness (QED) is 0.706. The summed E-state index contributed by atoms with van der Waals surface area (Å²) in [6.45, 7) is 0.804. The Morgan fingerprint density at radius 1 is 1.08 bits per heavy atom. The molecule has 5 heteroatoms. The van der Waals surface area contributed by atoms with E-state index in [1.807, 2.05) is 34.5 Å². The average Bonchev–Trinajstić information content (AvgIpc) is 3.33. The fraction of sp³-hybridized carbons (Fsp3) is 0.381. The molecule has 1 amide bonds. The number of hydrogen-bond acceptors (Lipinski definition) is 4. The molecule has 1 aliphatic carbocycles. The van der Waals surface area contributed by atoms with Crippen molar-refractivity contribution in [2.45, 2.75) is 44.9 Å². The molecule has 4 rings (SSSR count). The summed E-state index contributed by atoms with van der Waals surface area (Å²) in [5.41, 5.74) is 4.92. The van der Waals surface area contributed by atoms with Gasteiger partial charge in [-0.25, -0.2) is 4.98 Å². The molecule has 1 saturated carbocycles. The minimum atomic E-state index is 0.200. The Morgan fingerprint density at radius 2 is 1.85 bits per heavy atom. The molecule has 26 heavy (non-hydrogen) atoms. The van der Waals surface area contributed by atoms with Gasteiger partial charge in [0.1, 0.15) is 11.1 Å². The van der Waals surface area contributed by atoms with Crippen molar-refractivity contribution in [2.75, 3.05) is 11.4 Å². The molecule has 2 fully saturated rings. The second-order valence-corrected chi connectivity index (χ2v) is 7.74. The Kier molecular flexibility index (Phi) is 4.85. The van der Waals surface area contributed by atoms with Crippen LogP contribution >= 0.6 is 11.3 Å². The van der Waals surface area contributed by atoms with E-state index >= 15 is 0 Å². The lowest BCUT2D eigenvalue weighted by Gasteiger charge is -2.15. The number of rotatable bonds is 3. The van der Waals surface area contributed by atoms with E-state index in [1.54, 1.807) is 11.3 Å². The maximum atomic E-state index is 11.9. The van der Waals surface area contributed by atoms with Crippen molar-refractivity contribution in [3.63, 3.8) is 0 Å². The highest BCUT2D eigenvalue weighted by Gasteiger charge is 2.21. The molecule has 1 aromatic heterocycles. The fourth-order valence-electron chi connectivity index (χ4n) is 3.76.